The summed E-state index contributed by atoms with van der Waals surface area (Å²) in [5, 5.41) is 3.17. The Morgan fingerprint density at radius 2 is 1.91 bits per heavy atom. The third-order valence-electron chi connectivity index (χ3n) is 5.02. The molecule has 1 aromatic carbocycles. The van der Waals surface area contributed by atoms with Crippen LogP contribution in [0.1, 0.15) is 45.4 Å². The number of hydrogen-bond acceptors (Lipinski definition) is 3. The minimum atomic E-state index is 0.358. The van der Waals surface area contributed by atoms with E-state index in [1.807, 2.05) is 18.2 Å². The van der Waals surface area contributed by atoms with Gasteiger partial charge in [0.1, 0.15) is 0 Å². The van der Waals surface area contributed by atoms with E-state index in [0.29, 0.717) is 24.6 Å². The molecule has 1 heterocycles. The molecular formula is C18H27N3O2. The maximum absolute atomic E-state index is 6.07. The summed E-state index contributed by atoms with van der Waals surface area (Å²) < 4.78 is 11.3. The molecule has 0 unspecified atom stereocenters. The monoisotopic (exact) mass is 317 g/mol. The van der Waals surface area contributed by atoms with Gasteiger partial charge in [-0.2, -0.15) is 0 Å². The van der Waals surface area contributed by atoms with Crippen molar-refractivity contribution in [2.75, 3.05) is 25.1 Å². The van der Waals surface area contributed by atoms with Gasteiger partial charge in [0.25, 0.3) is 0 Å². The number of rotatable bonds is 4. The highest BCUT2D eigenvalue weighted by Crippen LogP contribution is 2.41. The van der Waals surface area contributed by atoms with Gasteiger partial charge in [-0.3, -0.25) is 4.99 Å². The number of guanidine groups is 1. The Morgan fingerprint density at radius 3 is 2.65 bits per heavy atom. The van der Waals surface area contributed by atoms with Gasteiger partial charge in [-0.15, -0.1) is 0 Å². The van der Waals surface area contributed by atoms with Crippen LogP contribution in [-0.4, -0.2) is 25.7 Å². The van der Waals surface area contributed by atoms with Crippen molar-refractivity contribution in [3.8, 4) is 11.5 Å². The Hall–Kier alpha value is -1.91. The van der Waals surface area contributed by atoms with Gasteiger partial charge in [-0.05, 0) is 36.8 Å². The van der Waals surface area contributed by atoms with Crippen LogP contribution in [0.2, 0.25) is 0 Å². The minimum absolute atomic E-state index is 0.358. The van der Waals surface area contributed by atoms with Crippen LogP contribution in [0.3, 0.4) is 0 Å². The maximum atomic E-state index is 6.07. The number of aliphatic imine (C=N–C) groups is 1. The van der Waals surface area contributed by atoms with Crippen LogP contribution in [0.25, 0.3) is 0 Å². The first kappa shape index (κ1) is 16.0. The van der Waals surface area contributed by atoms with Crippen molar-refractivity contribution >= 4 is 11.6 Å². The average Bonchev–Trinajstić information content (AvgIpc) is 2.92. The Morgan fingerprint density at radius 1 is 1.17 bits per heavy atom. The fraction of sp³-hybridized carbons (Fsp3) is 0.611. The van der Waals surface area contributed by atoms with Crippen molar-refractivity contribution in [3.05, 3.63) is 18.2 Å². The molecule has 0 aromatic heterocycles. The van der Waals surface area contributed by atoms with Gasteiger partial charge < -0.3 is 20.5 Å². The molecule has 3 N–H and O–H groups in total. The number of nitrogens with one attached hydrogen (secondary N) is 1. The van der Waals surface area contributed by atoms with E-state index in [4.69, 9.17) is 15.2 Å². The predicted molar refractivity (Wildman–Crippen MR) is 93.4 cm³/mol. The van der Waals surface area contributed by atoms with Gasteiger partial charge in [0.2, 0.25) is 0 Å². The molecule has 0 spiro atoms. The molecule has 1 aliphatic carbocycles. The lowest BCUT2D eigenvalue weighted by Crippen LogP contribution is -2.27. The Kier molecular flexibility index (Phi) is 4.94. The highest BCUT2D eigenvalue weighted by atomic mass is 16.5. The first-order valence-electron chi connectivity index (χ1n) is 8.67. The molecule has 0 amide bonds. The average molecular weight is 317 g/mol. The Balaban J connectivity index is 1.64. The summed E-state index contributed by atoms with van der Waals surface area (Å²) in [5.41, 5.74) is 7.31. The summed E-state index contributed by atoms with van der Waals surface area (Å²) in [6.45, 7) is 4.45. The van der Waals surface area contributed by atoms with Crippen molar-refractivity contribution in [2.45, 2.75) is 45.4 Å². The van der Waals surface area contributed by atoms with Crippen molar-refractivity contribution in [2.24, 2.45) is 16.1 Å². The Labute approximate surface area is 138 Å². The van der Waals surface area contributed by atoms with Gasteiger partial charge in [0, 0.05) is 24.7 Å². The summed E-state index contributed by atoms with van der Waals surface area (Å²) in [6, 6.07) is 5.79. The summed E-state index contributed by atoms with van der Waals surface area (Å²) in [7, 11) is 0. The molecule has 1 aromatic rings. The van der Waals surface area contributed by atoms with Gasteiger partial charge in [0.05, 0.1) is 13.2 Å². The summed E-state index contributed by atoms with van der Waals surface area (Å²) in [5.74, 6) is 2.03. The second-order valence-electron chi connectivity index (χ2n) is 6.60. The molecular weight excluding hydrogens is 290 g/mol. The normalized spacial score (nSPS) is 20.1. The fourth-order valence-corrected chi connectivity index (χ4v) is 3.43. The van der Waals surface area contributed by atoms with Crippen LogP contribution in [0.5, 0.6) is 11.5 Å². The molecule has 0 radical (unpaired) electrons. The van der Waals surface area contributed by atoms with Crippen LogP contribution < -0.4 is 20.5 Å². The zero-order valence-electron chi connectivity index (χ0n) is 13.9. The number of benzene rings is 1. The standard InChI is InChI=1S/C18H27N3O2/c1-2-18(8-3-4-9-18)13-20-17(19)21-14-6-7-15-16(12-14)23-11-5-10-22-15/h6-7,12H,2-5,8-11,13H2,1H3,(H3,19,20,21). The minimum Gasteiger partial charge on any atom is -0.490 e. The van der Waals surface area contributed by atoms with E-state index in [9.17, 15) is 0 Å². The molecule has 0 bridgehead atoms. The second kappa shape index (κ2) is 7.11. The van der Waals surface area contributed by atoms with Crippen molar-refractivity contribution in [1.29, 1.82) is 0 Å². The van der Waals surface area contributed by atoms with E-state index < -0.39 is 0 Å². The van der Waals surface area contributed by atoms with Crippen molar-refractivity contribution < 1.29 is 9.47 Å². The molecule has 5 nitrogen and oxygen atoms in total. The van der Waals surface area contributed by atoms with Crippen LogP contribution in [-0.2, 0) is 0 Å². The van der Waals surface area contributed by atoms with Crippen LogP contribution in [0, 0.1) is 5.41 Å². The number of hydrogen-bond donors (Lipinski definition) is 2. The molecule has 1 saturated carbocycles. The highest BCUT2D eigenvalue weighted by Gasteiger charge is 2.31. The van der Waals surface area contributed by atoms with Gasteiger partial charge in [-0.25, -0.2) is 0 Å². The zero-order valence-corrected chi connectivity index (χ0v) is 13.9. The van der Waals surface area contributed by atoms with E-state index in [1.54, 1.807) is 0 Å². The Bertz CT molecular complexity index is 565. The lowest BCUT2D eigenvalue weighted by atomic mass is 9.84. The number of nitrogens with two attached hydrogens (primary N) is 1. The molecule has 0 atom stereocenters. The van der Waals surface area contributed by atoms with Crippen LogP contribution in [0.4, 0.5) is 5.69 Å². The van der Waals surface area contributed by atoms with Gasteiger partial charge >= 0.3 is 0 Å². The van der Waals surface area contributed by atoms with E-state index >= 15 is 0 Å². The van der Waals surface area contributed by atoms with E-state index in [0.717, 1.165) is 30.2 Å². The third-order valence-corrected chi connectivity index (χ3v) is 5.02. The molecule has 5 heteroatoms. The maximum Gasteiger partial charge on any atom is 0.193 e. The zero-order chi connectivity index (χ0) is 16.1. The fourth-order valence-electron chi connectivity index (χ4n) is 3.43. The topological polar surface area (TPSA) is 68.9 Å². The highest BCUT2D eigenvalue weighted by molar-refractivity contribution is 5.92. The van der Waals surface area contributed by atoms with E-state index in [1.165, 1.54) is 32.1 Å². The molecule has 3 rings (SSSR count). The summed E-state index contributed by atoms with van der Waals surface area (Å²) in [6.07, 6.45) is 7.25. The molecule has 0 saturated heterocycles. The number of nitrogens with zero attached hydrogens (tertiary/aromatic N) is 1. The molecule has 2 aliphatic rings. The number of ether oxygens (including phenoxy) is 2. The quantitative estimate of drug-likeness (QED) is 0.658. The van der Waals surface area contributed by atoms with Gasteiger partial charge in [-0.1, -0.05) is 19.8 Å². The third kappa shape index (κ3) is 3.89. The molecule has 126 valence electrons. The smallest absolute Gasteiger partial charge is 0.193 e. The van der Waals surface area contributed by atoms with Crippen LogP contribution >= 0.6 is 0 Å². The number of fused-ring (bicyclic) bond motifs is 1. The first-order valence-corrected chi connectivity index (χ1v) is 8.67. The summed E-state index contributed by atoms with van der Waals surface area (Å²) >= 11 is 0. The lowest BCUT2D eigenvalue weighted by molar-refractivity contribution is 0.297. The lowest BCUT2D eigenvalue weighted by Gasteiger charge is -2.25. The van der Waals surface area contributed by atoms with Crippen molar-refractivity contribution in [3.63, 3.8) is 0 Å². The van der Waals surface area contributed by atoms with E-state index in [-0.39, 0.29) is 0 Å². The largest absolute Gasteiger partial charge is 0.490 e. The molecule has 1 fully saturated rings. The predicted octanol–water partition coefficient (Wildman–Crippen LogP) is 3.54. The van der Waals surface area contributed by atoms with Crippen LogP contribution in [0.15, 0.2) is 23.2 Å². The molecule has 1 aliphatic heterocycles. The second-order valence-corrected chi connectivity index (χ2v) is 6.60. The number of anilines is 1. The van der Waals surface area contributed by atoms with Gasteiger partial charge in [0.15, 0.2) is 17.5 Å². The molecule has 23 heavy (non-hydrogen) atoms. The SMILES string of the molecule is CCC1(CN=C(N)Nc2ccc3c(c2)OCCCO3)CCCC1. The van der Waals surface area contributed by atoms with Crippen molar-refractivity contribution in [1.82, 2.24) is 0 Å². The first-order chi connectivity index (χ1) is 11.2. The summed E-state index contributed by atoms with van der Waals surface area (Å²) in [4.78, 5) is 4.59. The van der Waals surface area contributed by atoms with E-state index in [2.05, 4.69) is 17.2 Å².